The topological polar surface area (TPSA) is 67.9 Å². The third-order valence-electron chi connectivity index (χ3n) is 5.21. The zero-order valence-electron chi connectivity index (χ0n) is 18.8. The number of hydrazine groups is 1. The first kappa shape index (κ1) is 21.7. The van der Waals surface area contributed by atoms with Crippen LogP contribution in [0.25, 0.3) is 0 Å². The number of hydrogen-bond donors (Lipinski definition) is 1. The fraction of sp³-hybridized carbons (Fsp3) is 0.417. The molecule has 0 aliphatic carbocycles. The van der Waals surface area contributed by atoms with Crippen molar-refractivity contribution in [2.45, 2.75) is 59.1 Å². The Morgan fingerprint density at radius 1 is 1.10 bits per heavy atom. The van der Waals surface area contributed by atoms with Crippen LogP contribution in [0.4, 0.5) is 0 Å². The van der Waals surface area contributed by atoms with Gasteiger partial charge >= 0.3 is 0 Å². The van der Waals surface area contributed by atoms with Crippen molar-refractivity contribution in [3.05, 3.63) is 58.7 Å². The number of amides is 2. The maximum atomic E-state index is 13.3. The molecular weight excluding hydrogens is 380 g/mol. The number of rotatable bonds is 3. The first-order valence-corrected chi connectivity index (χ1v) is 10.0. The van der Waals surface area contributed by atoms with Crippen LogP contribution in [0.3, 0.4) is 0 Å². The lowest BCUT2D eigenvalue weighted by atomic mass is 9.95. The van der Waals surface area contributed by atoms with Crippen LogP contribution in [-0.2, 0) is 6.42 Å². The summed E-state index contributed by atoms with van der Waals surface area (Å²) in [5, 5.41) is 1.36. The second-order valence-corrected chi connectivity index (χ2v) is 9.21. The van der Waals surface area contributed by atoms with Gasteiger partial charge in [-0.1, -0.05) is 12.1 Å². The molecule has 160 valence electrons. The highest BCUT2D eigenvalue weighted by molar-refractivity contribution is 6.01. The van der Waals surface area contributed by atoms with Crippen LogP contribution in [0.15, 0.2) is 36.4 Å². The summed E-state index contributed by atoms with van der Waals surface area (Å²) in [7, 11) is 1.52. The minimum absolute atomic E-state index is 0.292. The van der Waals surface area contributed by atoms with E-state index in [-0.39, 0.29) is 17.4 Å². The van der Waals surface area contributed by atoms with Gasteiger partial charge in [-0.2, -0.15) is 0 Å². The van der Waals surface area contributed by atoms with Gasteiger partial charge in [0.1, 0.15) is 17.1 Å². The second-order valence-electron chi connectivity index (χ2n) is 9.21. The Morgan fingerprint density at radius 2 is 1.77 bits per heavy atom. The summed E-state index contributed by atoms with van der Waals surface area (Å²) in [6, 6.07) is 10.6. The van der Waals surface area contributed by atoms with Crippen LogP contribution in [0, 0.1) is 6.92 Å². The number of benzene rings is 2. The van der Waals surface area contributed by atoms with Crippen molar-refractivity contribution >= 4 is 11.8 Å². The number of nitrogens with one attached hydrogen (secondary N) is 1. The summed E-state index contributed by atoms with van der Waals surface area (Å²) < 4.78 is 11.3. The average molecular weight is 411 g/mol. The van der Waals surface area contributed by atoms with Gasteiger partial charge in [0, 0.05) is 17.5 Å². The molecule has 2 aromatic carbocycles. The van der Waals surface area contributed by atoms with Crippen LogP contribution in [0.2, 0.25) is 0 Å². The molecule has 6 nitrogen and oxygen atoms in total. The van der Waals surface area contributed by atoms with Crippen molar-refractivity contribution in [2.24, 2.45) is 0 Å². The summed E-state index contributed by atoms with van der Waals surface area (Å²) in [5.41, 5.74) is 4.70. The van der Waals surface area contributed by atoms with Crippen molar-refractivity contribution in [2.75, 3.05) is 7.11 Å². The highest BCUT2D eigenvalue weighted by Gasteiger charge is 2.34. The number of ether oxygens (including phenoxy) is 2. The van der Waals surface area contributed by atoms with E-state index >= 15 is 0 Å². The van der Waals surface area contributed by atoms with Gasteiger partial charge in [0.25, 0.3) is 11.8 Å². The van der Waals surface area contributed by atoms with Gasteiger partial charge in [-0.15, -0.1) is 0 Å². The minimum atomic E-state index is -0.649. The Bertz CT molecular complexity index is 989. The number of para-hydroxylation sites is 1. The summed E-state index contributed by atoms with van der Waals surface area (Å²) >= 11 is 0. The van der Waals surface area contributed by atoms with Crippen molar-refractivity contribution in [3.8, 4) is 11.5 Å². The molecule has 0 fully saturated rings. The Morgan fingerprint density at radius 3 is 2.40 bits per heavy atom. The lowest BCUT2D eigenvalue weighted by Gasteiger charge is -2.36. The van der Waals surface area contributed by atoms with Crippen molar-refractivity contribution in [1.29, 1.82) is 0 Å². The predicted molar refractivity (Wildman–Crippen MR) is 116 cm³/mol. The third-order valence-corrected chi connectivity index (χ3v) is 5.21. The lowest BCUT2D eigenvalue weighted by Crippen LogP contribution is -2.56. The smallest absolute Gasteiger partial charge is 0.276 e. The summed E-state index contributed by atoms with van der Waals surface area (Å²) in [4.78, 5) is 26.5. The maximum absolute atomic E-state index is 13.3. The Hall–Kier alpha value is -3.02. The first-order valence-electron chi connectivity index (χ1n) is 10.0. The molecule has 0 radical (unpaired) electrons. The Kier molecular flexibility index (Phi) is 5.54. The number of carbonyl (C=O) groups is 2. The molecule has 0 aromatic heterocycles. The van der Waals surface area contributed by atoms with Gasteiger partial charge in [0.2, 0.25) is 0 Å². The van der Waals surface area contributed by atoms with Gasteiger partial charge in [0.15, 0.2) is 0 Å². The predicted octanol–water partition coefficient (Wildman–Crippen LogP) is 4.30. The normalized spacial score (nSPS) is 14.5. The zero-order chi connectivity index (χ0) is 22.3. The molecule has 0 atom stereocenters. The SMILES string of the molecule is COc1ccccc1C(=O)N(NC(=O)c1ccc2c(c1C)CC(C)(C)O2)C(C)(C)C. The molecule has 0 unspecified atom stereocenters. The van der Waals surface area contributed by atoms with Crippen molar-refractivity contribution in [1.82, 2.24) is 10.4 Å². The molecule has 1 N–H and O–H groups in total. The lowest BCUT2D eigenvalue weighted by molar-refractivity contribution is 0.0355. The molecule has 6 heteroatoms. The van der Waals surface area contributed by atoms with Crippen LogP contribution in [0.5, 0.6) is 11.5 Å². The van der Waals surface area contributed by atoms with Gasteiger partial charge in [-0.25, -0.2) is 5.01 Å². The molecule has 3 rings (SSSR count). The molecule has 2 aromatic rings. The maximum Gasteiger partial charge on any atom is 0.276 e. The van der Waals surface area contributed by atoms with E-state index in [1.165, 1.54) is 12.1 Å². The largest absolute Gasteiger partial charge is 0.496 e. The van der Waals surface area contributed by atoms with Crippen LogP contribution >= 0.6 is 0 Å². The number of hydrogen-bond acceptors (Lipinski definition) is 4. The van der Waals surface area contributed by atoms with Gasteiger partial charge in [0.05, 0.1) is 18.2 Å². The van der Waals surface area contributed by atoms with E-state index in [9.17, 15) is 9.59 Å². The van der Waals surface area contributed by atoms with E-state index < -0.39 is 5.54 Å². The fourth-order valence-corrected chi connectivity index (χ4v) is 3.68. The molecule has 1 aliphatic rings. The molecule has 0 saturated carbocycles. The van der Waals surface area contributed by atoms with Crippen molar-refractivity contribution in [3.63, 3.8) is 0 Å². The van der Waals surface area contributed by atoms with E-state index in [0.29, 0.717) is 16.9 Å². The average Bonchev–Trinajstić information content (AvgIpc) is 2.99. The minimum Gasteiger partial charge on any atom is -0.496 e. The van der Waals surface area contributed by atoms with Gasteiger partial charge in [-0.05, 0) is 71.4 Å². The number of nitrogens with zero attached hydrogens (tertiary/aromatic N) is 1. The molecule has 1 heterocycles. The summed E-state index contributed by atoms with van der Waals surface area (Å²) in [6.45, 7) is 11.6. The highest BCUT2D eigenvalue weighted by atomic mass is 16.5. The molecule has 30 heavy (non-hydrogen) atoms. The van der Waals surface area contributed by atoms with E-state index in [1.54, 1.807) is 30.3 Å². The van der Waals surface area contributed by atoms with Gasteiger partial charge < -0.3 is 9.47 Å². The van der Waals surface area contributed by atoms with E-state index in [1.807, 2.05) is 47.6 Å². The Labute approximate surface area is 178 Å². The van der Waals surface area contributed by atoms with Crippen LogP contribution in [0.1, 0.15) is 66.5 Å². The zero-order valence-corrected chi connectivity index (χ0v) is 18.8. The Balaban J connectivity index is 1.92. The molecule has 0 spiro atoms. The monoisotopic (exact) mass is 410 g/mol. The van der Waals surface area contributed by atoms with Gasteiger partial charge in [-0.3, -0.25) is 15.0 Å². The molecule has 0 bridgehead atoms. The first-order chi connectivity index (χ1) is 13.9. The number of methoxy groups -OCH3 is 1. The molecule has 0 saturated heterocycles. The quantitative estimate of drug-likeness (QED) is 0.766. The van der Waals surface area contributed by atoms with E-state index in [4.69, 9.17) is 9.47 Å². The number of fused-ring (bicyclic) bond motifs is 1. The summed E-state index contributed by atoms with van der Waals surface area (Å²) in [5.74, 6) is 0.598. The summed E-state index contributed by atoms with van der Waals surface area (Å²) in [6.07, 6.45) is 0.735. The fourth-order valence-electron chi connectivity index (χ4n) is 3.68. The molecule has 1 aliphatic heterocycles. The van der Waals surface area contributed by atoms with E-state index in [0.717, 1.165) is 23.3 Å². The second kappa shape index (κ2) is 7.67. The van der Waals surface area contributed by atoms with Crippen molar-refractivity contribution < 1.29 is 19.1 Å². The van der Waals surface area contributed by atoms with E-state index in [2.05, 4.69) is 5.43 Å². The third kappa shape index (κ3) is 4.13. The van der Waals surface area contributed by atoms with Crippen LogP contribution < -0.4 is 14.9 Å². The molecular formula is C24H30N2O4. The van der Waals surface area contributed by atoms with Crippen LogP contribution in [-0.4, -0.2) is 35.1 Å². The number of carbonyl (C=O) groups excluding carboxylic acids is 2. The molecule has 2 amide bonds. The highest BCUT2D eigenvalue weighted by Crippen LogP contribution is 2.38. The standard InChI is InChI=1S/C24H30N2O4/c1-15-16(12-13-20-18(15)14-24(5,6)30-20)21(27)25-26(23(2,3)4)22(28)17-10-8-9-11-19(17)29-7/h8-13H,14H2,1-7H3,(H,25,27).